The van der Waals surface area contributed by atoms with Gasteiger partial charge in [0.1, 0.15) is 5.82 Å². The fourth-order valence-corrected chi connectivity index (χ4v) is 2.10. The van der Waals surface area contributed by atoms with Crippen molar-refractivity contribution in [3.8, 4) is 5.69 Å². The summed E-state index contributed by atoms with van der Waals surface area (Å²) in [7, 11) is 0. The number of carbonyl (C=O) groups is 1. The van der Waals surface area contributed by atoms with E-state index < -0.39 is 0 Å². The molecule has 1 amide bonds. The van der Waals surface area contributed by atoms with Gasteiger partial charge in [-0.15, -0.1) is 0 Å². The zero-order valence-electron chi connectivity index (χ0n) is 12.0. The number of nitrogens with zero attached hydrogens (tertiary/aromatic N) is 2. The zero-order valence-corrected chi connectivity index (χ0v) is 12.0. The number of halogens is 1. The van der Waals surface area contributed by atoms with Crippen LogP contribution in [0.15, 0.2) is 60.9 Å². The van der Waals surface area contributed by atoms with Crippen LogP contribution in [0.5, 0.6) is 0 Å². The van der Waals surface area contributed by atoms with Crippen LogP contribution in [0.1, 0.15) is 15.9 Å². The molecule has 0 spiro atoms. The van der Waals surface area contributed by atoms with E-state index in [2.05, 4.69) is 10.4 Å². The van der Waals surface area contributed by atoms with E-state index in [-0.39, 0.29) is 11.7 Å². The minimum atomic E-state index is -0.326. The second-order valence-corrected chi connectivity index (χ2v) is 4.93. The lowest BCUT2D eigenvalue weighted by Crippen LogP contribution is -2.11. The third-order valence-corrected chi connectivity index (χ3v) is 3.28. The first-order valence-corrected chi connectivity index (χ1v) is 6.81. The van der Waals surface area contributed by atoms with E-state index in [1.54, 1.807) is 24.0 Å². The molecule has 3 aromatic rings. The monoisotopic (exact) mass is 295 g/mol. The maximum Gasteiger partial charge on any atom is 0.255 e. The van der Waals surface area contributed by atoms with Gasteiger partial charge >= 0.3 is 0 Å². The van der Waals surface area contributed by atoms with Crippen LogP contribution in [0.3, 0.4) is 0 Å². The number of anilines is 1. The average Bonchev–Trinajstić information content (AvgIpc) is 2.99. The molecule has 0 fully saturated rings. The summed E-state index contributed by atoms with van der Waals surface area (Å²) in [4.78, 5) is 12.2. The first kappa shape index (κ1) is 14.0. The number of rotatable bonds is 3. The van der Waals surface area contributed by atoms with Crippen LogP contribution in [-0.4, -0.2) is 15.7 Å². The SMILES string of the molecule is Cc1cc(C(=O)Nc2cnn(-c3ccccc3)c2)ccc1F. The Morgan fingerprint density at radius 1 is 1.18 bits per heavy atom. The highest BCUT2D eigenvalue weighted by molar-refractivity contribution is 6.04. The number of amides is 1. The van der Waals surface area contributed by atoms with Gasteiger partial charge in [-0.05, 0) is 42.8 Å². The minimum Gasteiger partial charge on any atom is -0.319 e. The molecule has 0 bridgehead atoms. The van der Waals surface area contributed by atoms with Crippen molar-refractivity contribution in [2.75, 3.05) is 5.32 Å². The number of aromatic nitrogens is 2. The Kier molecular flexibility index (Phi) is 3.70. The molecule has 4 nitrogen and oxygen atoms in total. The molecule has 1 aromatic heterocycles. The summed E-state index contributed by atoms with van der Waals surface area (Å²) in [6, 6.07) is 13.9. The second kappa shape index (κ2) is 5.81. The zero-order chi connectivity index (χ0) is 15.5. The lowest BCUT2D eigenvalue weighted by molar-refractivity contribution is 0.102. The molecule has 1 heterocycles. The van der Waals surface area contributed by atoms with Crippen molar-refractivity contribution < 1.29 is 9.18 Å². The standard InChI is InChI=1S/C17H14FN3O/c1-12-9-13(7-8-16(12)18)17(22)20-14-10-19-21(11-14)15-5-3-2-4-6-15/h2-11H,1H3,(H,20,22). The van der Waals surface area contributed by atoms with Crippen molar-refractivity contribution in [2.24, 2.45) is 0 Å². The highest BCUT2D eigenvalue weighted by Gasteiger charge is 2.09. The Morgan fingerprint density at radius 3 is 2.68 bits per heavy atom. The molecule has 22 heavy (non-hydrogen) atoms. The first-order valence-electron chi connectivity index (χ1n) is 6.81. The van der Waals surface area contributed by atoms with Gasteiger partial charge < -0.3 is 5.32 Å². The number of carbonyl (C=O) groups excluding carboxylic acids is 1. The van der Waals surface area contributed by atoms with Gasteiger partial charge in [0, 0.05) is 5.56 Å². The summed E-state index contributed by atoms with van der Waals surface area (Å²) in [5.41, 5.74) is 2.33. The van der Waals surface area contributed by atoms with E-state index in [1.807, 2.05) is 30.3 Å². The molecule has 3 rings (SSSR count). The van der Waals surface area contributed by atoms with Crippen LogP contribution in [0.25, 0.3) is 5.69 Å². The van der Waals surface area contributed by atoms with Crippen molar-refractivity contribution in [3.63, 3.8) is 0 Å². The maximum absolute atomic E-state index is 13.2. The van der Waals surface area contributed by atoms with Gasteiger partial charge in [-0.25, -0.2) is 9.07 Å². The Balaban J connectivity index is 1.77. The van der Waals surface area contributed by atoms with Crippen LogP contribution < -0.4 is 5.32 Å². The smallest absolute Gasteiger partial charge is 0.255 e. The molecule has 0 atom stereocenters. The van der Waals surface area contributed by atoms with E-state index in [1.165, 1.54) is 18.2 Å². The predicted octanol–water partition coefficient (Wildman–Crippen LogP) is 3.57. The molecule has 1 N–H and O–H groups in total. The number of hydrogen-bond acceptors (Lipinski definition) is 2. The van der Waals surface area contributed by atoms with E-state index in [4.69, 9.17) is 0 Å². The topological polar surface area (TPSA) is 46.9 Å². The molecule has 2 aromatic carbocycles. The van der Waals surface area contributed by atoms with E-state index >= 15 is 0 Å². The van der Waals surface area contributed by atoms with Gasteiger partial charge in [0.2, 0.25) is 0 Å². The van der Waals surface area contributed by atoms with Gasteiger partial charge in [-0.1, -0.05) is 18.2 Å². The van der Waals surface area contributed by atoms with Crippen molar-refractivity contribution in [2.45, 2.75) is 6.92 Å². The lowest BCUT2D eigenvalue weighted by Gasteiger charge is -2.04. The molecule has 0 aliphatic carbocycles. The summed E-state index contributed by atoms with van der Waals surface area (Å²) < 4.78 is 14.9. The molecular formula is C17H14FN3O. The van der Waals surface area contributed by atoms with Crippen LogP contribution in [0.4, 0.5) is 10.1 Å². The highest BCUT2D eigenvalue weighted by Crippen LogP contribution is 2.14. The molecule has 0 saturated heterocycles. The summed E-state index contributed by atoms with van der Waals surface area (Å²) in [6.07, 6.45) is 3.30. The van der Waals surface area contributed by atoms with Gasteiger partial charge in [-0.3, -0.25) is 4.79 Å². The average molecular weight is 295 g/mol. The summed E-state index contributed by atoms with van der Waals surface area (Å²) in [5.74, 6) is -0.621. The second-order valence-electron chi connectivity index (χ2n) is 4.93. The summed E-state index contributed by atoms with van der Waals surface area (Å²) in [6.45, 7) is 1.62. The Morgan fingerprint density at radius 2 is 1.95 bits per heavy atom. The lowest BCUT2D eigenvalue weighted by atomic mass is 10.1. The molecular weight excluding hydrogens is 281 g/mol. The fraction of sp³-hybridized carbons (Fsp3) is 0.0588. The van der Waals surface area contributed by atoms with Gasteiger partial charge in [0.25, 0.3) is 5.91 Å². The van der Waals surface area contributed by atoms with Crippen LogP contribution in [0, 0.1) is 12.7 Å². The van der Waals surface area contributed by atoms with E-state index in [9.17, 15) is 9.18 Å². The summed E-state index contributed by atoms with van der Waals surface area (Å²) >= 11 is 0. The first-order chi connectivity index (χ1) is 10.6. The molecule has 0 radical (unpaired) electrons. The van der Waals surface area contributed by atoms with E-state index in [0.29, 0.717) is 16.8 Å². The number of hydrogen-bond donors (Lipinski definition) is 1. The van der Waals surface area contributed by atoms with Crippen LogP contribution in [0.2, 0.25) is 0 Å². The fourth-order valence-electron chi connectivity index (χ4n) is 2.10. The van der Waals surface area contributed by atoms with E-state index in [0.717, 1.165) is 5.69 Å². The number of benzene rings is 2. The van der Waals surface area contributed by atoms with Gasteiger partial charge in [0.15, 0.2) is 0 Å². The van der Waals surface area contributed by atoms with Crippen LogP contribution >= 0.6 is 0 Å². The molecule has 0 unspecified atom stereocenters. The van der Waals surface area contributed by atoms with Gasteiger partial charge in [-0.2, -0.15) is 5.10 Å². The van der Waals surface area contributed by atoms with Crippen molar-refractivity contribution in [1.29, 1.82) is 0 Å². The third-order valence-electron chi connectivity index (χ3n) is 3.28. The van der Waals surface area contributed by atoms with Crippen LogP contribution in [-0.2, 0) is 0 Å². The molecule has 0 saturated carbocycles. The molecule has 0 aliphatic heterocycles. The van der Waals surface area contributed by atoms with Crippen molar-refractivity contribution in [3.05, 3.63) is 77.9 Å². The normalized spacial score (nSPS) is 10.5. The Hall–Kier alpha value is -2.95. The molecule has 0 aliphatic rings. The largest absolute Gasteiger partial charge is 0.319 e. The highest BCUT2D eigenvalue weighted by atomic mass is 19.1. The Labute approximate surface area is 127 Å². The van der Waals surface area contributed by atoms with Crippen molar-refractivity contribution >= 4 is 11.6 Å². The van der Waals surface area contributed by atoms with Gasteiger partial charge in [0.05, 0.1) is 23.8 Å². The predicted molar refractivity (Wildman–Crippen MR) is 82.7 cm³/mol. The third kappa shape index (κ3) is 2.88. The summed E-state index contributed by atoms with van der Waals surface area (Å²) in [5, 5.41) is 6.96. The molecule has 110 valence electrons. The number of para-hydroxylation sites is 1. The number of aryl methyl sites for hydroxylation is 1. The van der Waals surface area contributed by atoms with Crippen molar-refractivity contribution in [1.82, 2.24) is 9.78 Å². The maximum atomic E-state index is 13.2. The quantitative estimate of drug-likeness (QED) is 0.803. The molecule has 5 heteroatoms. The Bertz CT molecular complexity index is 812. The number of nitrogens with one attached hydrogen (secondary N) is 1. The minimum absolute atomic E-state index is 0.296.